The van der Waals surface area contributed by atoms with Gasteiger partial charge in [0.25, 0.3) is 11.8 Å². The van der Waals surface area contributed by atoms with Crippen LogP contribution in [0, 0.1) is 13.8 Å². The maximum Gasteiger partial charge on any atom is 0.254 e. The Bertz CT molecular complexity index is 955. The number of hydrogen-bond donors (Lipinski definition) is 0. The molecule has 1 atom stereocenters. The van der Waals surface area contributed by atoms with Crippen LogP contribution in [0.3, 0.4) is 0 Å². The zero-order valence-electron chi connectivity index (χ0n) is 20.2. The Labute approximate surface area is 202 Å². The van der Waals surface area contributed by atoms with E-state index in [0.717, 1.165) is 44.0 Å². The van der Waals surface area contributed by atoms with E-state index >= 15 is 0 Å². The molecule has 1 unspecified atom stereocenters. The summed E-state index contributed by atoms with van der Waals surface area (Å²) in [6, 6.07) is 15.4. The Morgan fingerprint density at radius 1 is 0.882 bits per heavy atom. The zero-order valence-corrected chi connectivity index (χ0v) is 20.2. The smallest absolute Gasteiger partial charge is 0.254 e. The molecule has 182 valence electrons. The molecule has 2 saturated heterocycles. The van der Waals surface area contributed by atoms with Gasteiger partial charge in [-0.1, -0.05) is 35.4 Å². The molecule has 0 aromatic heterocycles. The highest BCUT2D eigenvalue weighted by Crippen LogP contribution is 2.15. The second-order valence-corrected chi connectivity index (χ2v) is 9.18. The molecule has 4 rings (SSSR count). The number of carbonyl (C=O) groups is 2. The van der Waals surface area contributed by atoms with Gasteiger partial charge >= 0.3 is 0 Å². The molecule has 2 amide bonds. The second kappa shape index (κ2) is 11.6. The first-order valence-corrected chi connectivity index (χ1v) is 12.1. The molecule has 0 bridgehead atoms. The van der Waals surface area contributed by atoms with Gasteiger partial charge in [-0.25, -0.2) is 0 Å². The average Bonchev–Trinajstić information content (AvgIpc) is 2.87. The molecule has 2 aromatic rings. The van der Waals surface area contributed by atoms with E-state index in [4.69, 9.17) is 9.47 Å². The van der Waals surface area contributed by atoms with E-state index in [1.54, 1.807) is 0 Å². The number of ether oxygens (including phenoxy) is 2. The van der Waals surface area contributed by atoms with E-state index < -0.39 is 0 Å². The van der Waals surface area contributed by atoms with Crippen LogP contribution in [-0.4, -0.2) is 98.3 Å². The third-order valence-electron chi connectivity index (χ3n) is 6.52. The third-order valence-corrected chi connectivity index (χ3v) is 6.52. The lowest BCUT2D eigenvalue weighted by molar-refractivity contribution is -0.0346. The van der Waals surface area contributed by atoms with Crippen LogP contribution in [0.4, 0.5) is 0 Å². The summed E-state index contributed by atoms with van der Waals surface area (Å²) >= 11 is 0. The van der Waals surface area contributed by atoms with E-state index in [-0.39, 0.29) is 17.9 Å². The standard InChI is InChI=1S/C27H35N3O4/c1-21-3-7-23(8-4-21)26(31)29(12-11-28-13-16-33-17-14-28)19-25-20-30(15-18-34-25)27(32)24-9-5-22(2)6-10-24/h3-10,25H,11-20H2,1-2H3. The fourth-order valence-electron chi connectivity index (χ4n) is 4.38. The van der Waals surface area contributed by atoms with Crippen molar-refractivity contribution in [2.45, 2.75) is 20.0 Å². The molecule has 34 heavy (non-hydrogen) atoms. The van der Waals surface area contributed by atoms with Gasteiger partial charge in [0.2, 0.25) is 0 Å². The molecule has 2 aliphatic heterocycles. The Morgan fingerprint density at radius 3 is 2.15 bits per heavy atom. The molecule has 0 N–H and O–H groups in total. The first-order valence-electron chi connectivity index (χ1n) is 12.1. The number of aryl methyl sites for hydroxylation is 2. The third kappa shape index (κ3) is 6.44. The number of rotatable bonds is 7. The molecular weight excluding hydrogens is 430 g/mol. The Hall–Kier alpha value is -2.74. The van der Waals surface area contributed by atoms with Crippen molar-refractivity contribution < 1.29 is 19.1 Å². The van der Waals surface area contributed by atoms with Crippen LogP contribution < -0.4 is 0 Å². The van der Waals surface area contributed by atoms with E-state index in [1.807, 2.05) is 72.2 Å². The van der Waals surface area contributed by atoms with Gasteiger partial charge in [-0.2, -0.15) is 0 Å². The quantitative estimate of drug-likeness (QED) is 0.629. The largest absolute Gasteiger partial charge is 0.379 e. The van der Waals surface area contributed by atoms with Crippen molar-refractivity contribution >= 4 is 11.8 Å². The van der Waals surface area contributed by atoms with E-state index in [0.29, 0.717) is 43.9 Å². The fourth-order valence-corrected chi connectivity index (χ4v) is 4.38. The summed E-state index contributed by atoms with van der Waals surface area (Å²) < 4.78 is 11.5. The maximum absolute atomic E-state index is 13.4. The number of carbonyl (C=O) groups excluding carboxylic acids is 2. The summed E-state index contributed by atoms with van der Waals surface area (Å²) in [6.45, 7) is 10.6. The van der Waals surface area contributed by atoms with Crippen LogP contribution in [-0.2, 0) is 9.47 Å². The SMILES string of the molecule is Cc1ccc(C(=O)N2CCOC(CN(CCN3CCOCC3)C(=O)c3ccc(C)cc3)C2)cc1. The summed E-state index contributed by atoms with van der Waals surface area (Å²) in [4.78, 5) is 32.5. The molecule has 7 nitrogen and oxygen atoms in total. The predicted octanol–water partition coefficient (Wildman–Crippen LogP) is 2.62. The van der Waals surface area contributed by atoms with E-state index in [1.165, 1.54) is 0 Å². The molecule has 2 aromatic carbocycles. The van der Waals surface area contributed by atoms with Gasteiger partial charge in [0.15, 0.2) is 0 Å². The number of benzene rings is 2. The van der Waals surface area contributed by atoms with Crippen molar-refractivity contribution in [2.24, 2.45) is 0 Å². The Balaban J connectivity index is 1.43. The van der Waals surface area contributed by atoms with Crippen LogP contribution in [0.25, 0.3) is 0 Å². The highest BCUT2D eigenvalue weighted by Gasteiger charge is 2.29. The highest BCUT2D eigenvalue weighted by atomic mass is 16.5. The van der Waals surface area contributed by atoms with E-state index in [9.17, 15) is 9.59 Å². The van der Waals surface area contributed by atoms with E-state index in [2.05, 4.69) is 4.90 Å². The van der Waals surface area contributed by atoms with Crippen LogP contribution >= 0.6 is 0 Å². The van der Waals surface area contributed by atoms with Gasteiger partial charge in [0, 0.05) is 56.9 Å². The zero-order chi connectivity index (χ0) is 23.9. The van der Waals surface area contributed by atoms with Crippen LogP contribution in [0.5, 0.6) is 0 Å². The van der Waals surface area contributed by atoms with Crippen molar-refractivity contribution in [1.29, 1.82) is 0 Å². The number of amides is 2. The number of nitrogens with zero attached hydrogens (tertiary/aromatic N) is 3. The molecule has 0 saturated carbocycles. The van der Waals surface area contributed by atoms with Gasteiger partial charge in [0.1, 0.15) is 0 Å². The summed E-state index contributed by atoms with van der Waals surface area (Å²) in [5, 5.41) is 0. The normalized spacial score (nSPS) is 19.1. The summed E-state index contributed by atoms with van der Waals surface area (Å²) in [6.07, 6.45) is -0.220. The monoisotopic (exact) mass is 465 g/mol. The molecule has 0 radical (unpaired) electrons. The molecule has 0 aliphatic carbocycles. The molecule has 2 heterocycles. The van der Waals surface area contributed by atoms with Crippen LogP contribution in [0.15, 0.2) is 48.5 Å². The fraction of sp³-hybridized carbons (Fsp3) is 0.481. The lowest BCUT2D eigenvalue weighted by Crippen LogP contribution is -2.52. The first-order chi connectivity index (χ1) is 16.5. The minimum atomic E-state index is -0.220. The number of morpholine rings is 2. The van der Waals surface area contributed by atoms with Crippen molar-refractivity contribution in [3.8, 4) is 0 Å². The molecule has 2 aliphatic rings. The van der Waals surface area contributed by atoms with Crippen molar-refractivity contribution in [2.75, 3.05) is 65.6 Å². The highest BCUT2D eigenvalue weighted by molar-refractivity contribution is 5.95. The average molecular weight is 466 g/mol. The number of hydrogen-bond acceptors (Lipinski definition) is 5. The minimum Gasteiger partial charge on any atom is -0.379 e. The lowest BCUT2D eigenvalue weighted by atomic mass is 10.1. The maximum atomic E-state index is 13.4. The lowest BCUT2D eigenvalue weighted by Gasteiger charge is -2.37. The van der Waals surface area contributed by atoms with Gasteiger partial charge in [-0.3, -0.25) is 14.5 Å². The van der Waals surface area contributed by atoms with Crippen molar-refractivity contribution in [1.82, 2.24) is 14.7 Å². The Morgan fingerprint density at radius 2 is 1.50 bits per heavy atom. The first kappa shape index (κ1) is 24.4. The topological polar surface area (TPSA) is 62.3 Å². The van der Waals surface area contributed by atoms with Crippen molar-refractivity contribution in [3.05, 3.63) is 70.8 Å². The van der Waals surface area contributed by atoms with Crippen LogP contribution in [0.2, 0.25) is 0 Å². The van der Waals surface area contributed by atoms with Gasteiger partial charge in [0.05, 0.1) is 25.9 Å². The minimum absolute atomic E-state index is 0.00107. The second-order valence-electron chi connectivity index (χ2n) is 9.18. The van der Waals surface area contributed by atoms with Crippen LogP contribution in [0.1, 0.15) is 31.8 Å². The van der Waals surface area contributed by atoms with Gasteiger partial charge in [-0.15, -0.1) is 0 Å². The summed E-state index contributed by atoms with van der Waals surface area (Å²) in [5.41, 5.74) is 3.61. The Kier molecular flexibility index (Phi) is 8.32. The summed E-state index contributed by atoms with van der Waals surface area (Å²) in [7, 11) is 0. The predicted molar refractivity (Wildman–Crippen MR) is 131 cm³/mol. The summed E-state index contributed by atoms with van der Waals surface area (Å²) in [5.74, 6) is 0.0110. The molecule has 7 heteroatoms. The van der Waals surface area contributed by atoms with Gasteiger partial charge in [-0.05, 0) is 38.1 Å². The molecule has 0 spiro atoms. The van der Waals surface area contributed by atoms with Gasteiger partial charge < -0.3 is 19.3 Å². The molecule has 2 fully saturated rings. The van der Waals surface area contributed by atoms with Crippen molar-refractivity contribution in [3.63, 3.8) is 0 Å². The molecular formula is C27H35N3O4.